The van der Waals surface area contributed by atoms with E-state index in [-0.39, 0.29) is 0 Å². The van der Waals surface area contributed by atoms with Crippen molar-refractivity contribution >= 4 is 0 Å². The lowest BCUT2D eigenvalue weighted by Crippen LogP contribution is -2.14. The van der Waals surface area contributed by atoms with Gasteiger partial charge in [0.15, 0.2) is 0 Å². The molecule has 16 heavy (non-hydrogen) atoms. The first-order valence-electron chi connectivity index (χ1n) is 5.31. The molecule has 1 aromatic heterocycles. The molecule has 0 fully saturated rings. The fourth-order valence-electron chi connectivity index (χ4n) is 1.69. The van der Waals surface area contributed by atoms with Gasteiger partial charge in [0.05, 0.1) is 11.8 Å². The Kier molecular flexibility index (Phi) is 3.31. The van der Waals surface area contributed by atoms with Crippen molar-refractivity contribution in [3.63, 3.8) is 0 Å². The minimum atomic E-state index is -0.404. The van der Waals surface area contributed by atoms with Crippen molar-refractivity contribution in [1.29, 1.82) is 0 Å². The monoisotopic (exact) mass is 217 g/mol. The van der Waals surface area contributed by atoms with Crippen molar-refractivity contribution in [2.75, 3.05) is 0 Å². The molecule has 0 aliphatic rings. The Hall–Kier alpha value is -1.68. The molecule has 84 valence electrons. The molecule has 4 nitrogen and oxygen atoms in total. The summed E-state index contributed by atoms with van der Waals surface area (Å²) in [5.41, 5.74) is 1.96. The van der Waals surface area contributed by atoms with Gasteiger partial charge in [0.2, 0.25) is 0 Å². The van der Waals surface area contributed by atoms with E-state index in [2.05, 4.69) is 10.3 Å². The quantitative estimate of drug-likeness (QED) is 0.830. The maximum atomic E-state index is 9.89. The van der Waals surface area contributed by atoms with Crippen LogP contribution >= 0.6 is 0 Å². The zero-order valence-corrected chi connectivity index (χ0v) is 9.24. The largest absolute Gasteiger partial charge is 0.392 e. The van der Waals surface area contributed by atoms with Gasteiger partial charge in [-0.25, -0.2) is 0 Å². The zero-order valence-electron chi connectivity index (χ0n) is 9.24. The number of aliphatic hydroxyl groups excluding tert-OH is 1. The predicted molar refractivity (Wildman–Crippen MR) is 60.9 cm³/mol. The Balaban J connectivity index is 1.92. The lowest BCUT2D eigenvalue weighted by Gasteiger charge is -2.08. The first-order chi connectivity index (χ1) is 7.74. The van der Waals surface area contributed by atoms with Crippen molar-refractivity contribution in [3.05, 3.63) is 47.8 Å². The van der Waals surface area contributed by atoms with Crippen LogP contribution in [0.15, 0.2) is 36.5 Å². The highest BCUT2D eigenvalue weighted by atomic mass is 16.3. The van der Waals surface area contributed by atoms with Crippen LogP contribution in [-0.4, -0.2) is 26.2 Å². The number of benzene rings is 1. The number of nitrogens with zero attached hydrogens (tertiary/aromatic N) is 3. The zero-order chi connectivity index (χ0) is 11.4. The number of aryl methyl sites for hydroxylation is 1. The standard InChI is InChI=1S/C12H15N3O/c1-15-9-11(13-14-15)8-12(16)7-10-5-3-2-4-6-10/h2-6,9,12,16H,7-8H2,1H3. The molecule has 1 unspecified atom stereocenters. The van der Waals surface area contributed by atoms with Crippen LogP contribution in [0.25, 0.3) is 0 Å². The average Bonchev–Trinajstić information content (AvgIpc) is 2.65. The minimum absolute atomic E-state index is 0.404. The van der Waals surface area contributed by atoms with Crippen LogP contribution in [0, 0.1) is 0 Å². The minimum Gasteiger partial charge on any atom is -0.392 e. The summed E-state index contributed by atoms with van der Waals surface area (Å²) in [6.45, 7) is 0. The summed E-state index contributed by atoms with van der Waals surface area (Å²) in [4.78, 5) is 0. The Morgan fingerprint density at radius 1 is 1.25 bits per heavy atom. The van der Waals surface area contributed by atoms with Gasteiger partial charge in [-0.1, -0.05) is 35.5 Å². The molecule has 0 aliphatic carbocycles. The van der Waals surface area contributed by atoms with E-state index in [1.54, 1.807) is 4.68 Å². The van der Waals surface area contributed by atoms with E-state index < -0.39 is 6.10 Å². The highest BCUT2D eigenvalue weighted by Gasteiger charge is 2.08. The van der Waals surface area contributed by atoms with E-state index in [4.69, 9.17) is 0 Å². The molecular weight excluding hydrogens is 202 g/mol. The van der Waals surface area contributed by atoms with Crippen LogP contribution in [0.3, 0.4) is 0 Å². The van der Waals surface area contributed by atoms with Gasteiger partial charge in [0.1, 0.15) is 0 Å². The molecule has 0 aliphatic heterocycles. The van der Waals surface area contributed by atoms with Gasteiger partial charge in [-0.05, 0) is 12.0 Å². The first kappa shape index (κ1) is 10.8. The highest BCUT2D eigenvalue weighted by Crippen LogP contribution is 2.06. The van der Waals surface area contributed by atoms with E-state index in [0.717, 1.165) is 11.3 Å². The molecule has 0 spiro atoms. The molecule has 0 saturated carbocycles. The number of rotatable bonds is 4. The summed E-state index contributed by atoms with van der Waals surface area (Å²) in [6.07, 6.45) is 2.62. The fraction of sp³-hybridized carbons (Fsp3) is 0.333. The molecule has 1 N–H and O–H groups in total. The summed E-state index contributed by atoms with van der Waals surface area (Å²) in [7, 11) is 1.82. The summed E-state index contributed by atoms with van der Waals surface area (Å²) < 4.78 is 1.64. The normalized spacial score (nSPS) is 12.6. The molecule has 0 bridgehead atoms. The van der Waals surface area contributed by atoms with Gasteiger partial charge < -0.3 is 5.11 Å². The fourth-order valence-corrected chi connectivity index (χ4v) is 1.69. The Bertz CT molecular complexity index is 439. The maximum absolute atomic E-state index is 9.89. The molecule has 4 heteroatoms. The third-order valence-corrected chi connectivity index (χ3v) is 2.41. The summed E-state index contributed by atoms with van der Waals surface area (Å²) in [5.74, 6) is 0. The second kappa shape index (κ2) is 4.90. The van der Waals surface area contributed by atoms with Gasteiger partial charge in [0.25, 0.3) is 0 Å². The van der Waals surface area contributed by atoms with Gasteiger partial charge in [0, 0.05) is 19.7 Å². The molecule has 2 aromatic rings. The maximum Gasteiger partial charge on any atom is 0.0852 e. The predicted octanol–water partition coefficient (Wildman–Crippen LogP) is 0.961. The van der Waals surface area contributed by atoms with Crippen LogP contribution in [0.2, 0.25) is 0 Å². The van der Waals surface area contributed by atoms with Gasteiger partial charge in [-0.2, -0.15) is 0 Å². The second-order valence-electron chi connectivity index (χ2n) is 3.93. The van der Waals surface area contributed by atoms with Crippen LogP contribution in [0.1, 0.15) is 11.3 Å². The van der Waals surface area contributed by atoms with Crippen LogP contribution < -0.4 is 0 Å². The Morgan fingerprint density at radius 2 is 2.00 bits per heavy atom. The van der Waals surface area contributed by atoms with Crippen molar-refractivity contribution in [2.24, 2.45) is 7.05 Å². The Labute approximate surface area is 94.5 Å². The van der Waals surface area contributed by atoms with Crippen LogP contribution in [-0.2, 0) is 19.9 Å². The average molecular weight is 217 g/mol. The third-order valence-electron chi connectivity index (χ3n) is 2.41. The van der Waals surface area contributed by atoms with Gasteiger partial charge in [-0.3, -0.25) is 4.68 Å². The molecule has 0 radical (unpaired) electrons. The third kappa shape index (κ3) is 2.90. The molecule has 0 saturated heterocycles. The molecular formula is C12H15N3O. The van der Waals surface area contributed by atoms with Crippen molar-refractivity contribution in [1.82, 2.24) is 15.0 Å². The topological polar surface area (TPSA) is 50.9 Å². The number of hydrogen-bond donors (Lipinski definition) is 1. The Morgan fingerprint density at radius 3 is 2.62 bits per heavy atom. The lowest BCUT2D eigenvalue weighted by atomic mass is 10.0. The van der Waals surface area contributed by atoms with Gasteiger partial charge >= 0.3 is 0 Å². The van der Waals surface area contributed by atoms with Crippen molar-refractivity contribution in [2.45, 2.75) is 18.9 Å². The molecule has 0 amide bonds. The summed E-state index contributed by atoms with van der Waals surface area (Å²) in [6, 6.07) is 9.95. The van der Waals surface area contributed by atoms with E-state index in [9.17, 15) is 5.11 Å². The summed E-state index contributed by atoms with van der Waals surface area (Å²) >= 11 is 0. The van der Waals surface area contributed by atoms with Gasteiger partial charge in [-0.15, -0.1) is 5.10 Å². The molecule has 2 rings (SSSR count). The number of hydrogen-bond acceptors (Lipinski definition) is 3. The molecule has 1 heterocycles. The van der Waals surface area contributed by atoms with Crippen molar-refractivity contribution in [3.8, 4) is 0 Å². The van der Waals surface area contributed by atoms with E-state index in [1.165, 1.54) is 0 Å². The van der Waals surface area contributed by atoms with E-state index >= 15 is 0 Å². The van der Waals surface area contributed by atoms with Crippen LogP contribution in [0.4, 0.5) is 0 Å². The van der Waals surface area contributed by atoms with Crippen LogP contribution in [0.5, 0.6) is 0 Å². The number of aliphatic hydroxyl groups is 1. The second-order valence-corrected chi connectivity index (χ2v) is 3.93. The van der Waals surface area contributed by atoms with Crippen molar-refractivity contribution < 1.29 is 5.11 Å². The first-order valence-corrected chi connectivity index (χ1v) is 5.31. The molecule has 1 atom stereocenters. The lowest BCUT2D eigenvalue weighted by molar-refractivity contribution is 0.174. The summed E-state index contributed by atoms with van der Waals surface area (Å²) in [5, 5.41) is 17.7. The van der Waals surface area contributed by atoms with E-state index in [0.29, 0.717) is 12.8 Å². The molecule has 1 aromatic carbocycles. The number of aromatic nitrogens is 3. The SMILES string of the molecule is Cn1cc(CC(O)Cc2ccccc2)nn1. The highest BCUT2D eigenvalue weighted by molar-refractivity contribution is 5.15. The smallest absolute Gasteiger partial charge is 0.0852 e. The van der Waals surface area contributed by atoms with E-state index in [1.807, 2.05) is 43.6 Å².